The van der Waals surface area contributed by atoms with Crippen molar-refractivity contribution in [1.29, 1.82) is 0 Å². The maximum atomic E-state index is 13.1. The van der Waals surface area contributed by atoms with Gasteiger partial charge in [0.2, 0.25) is 18.2 Å². The maximum Gasteiger partial charge on any atom is 0.247 e. The third-order valence-electron chi connectivity index (χ3n) is 3.03. The van der Waals surface area contributed by atoms with Crippen LogP contribution in [0.2, 0.25) is 0 Å². The van der Waals surface area contributed by atoms with Gasteiger partial charge in [0.15, 0.2) is 0 Å². The van der Waals surface area contributed by atoms with Crippen LogP contribution >= 0.6 is 0 Å². The second-order valence-corrected chi connectivity index (χ2v) is 4.68. The predicted octanol–water partition coefficient (Wildman–Crippen LogP) is 3.06. The molecule has 1 amide bonds. The minimum absolute atomic E-state index is 0.114. The number of hydrogen-bond acceptors (Lipinski definition) is 4. The number of nitrogens with one attached hydrogen (secondary N) is 1. The number of benzene rings is 2. The fraction of sp³-hybridized carbons (Fsp3) is 0.0625. The predicted molar refractivity (Wildman–Crippen MR) is 78.5 cm³/mol. The fourth-order valence-corrected chi connectivity index (χ4v) is 2.03. The van der Waals surface area contributed by atoms with Gasteiger partial charge in [-0.05, 0) is 42.0 Å². The Labute approximate surface area is 125 Å². The number of halogens is 1. The molecule has 2 aromatic carbocycles. The normalized spacial score (nSPS) is 10.4. The first kappa shape index (κ1) is 13.9. The van der Waals surface area contributed by atoms with E-state index < -0.39 is 0 Å². The van der Waals surface area contributed by atoms with Gasteiger partial charge in [-0.3, -0.25) is 4.79 Å². The van der Waals surface area contributed by atoms with Crippen molar-refractivity contribution in [2.24, 2.45) is 0 Å². The molecule has 0 atom stereocenters. The Bertz CT molecular complexity index is 770. The third-order valence-corrected chi connectivity index (χ3v) is 3.03. The number of hydrogen-bond donors (Lipinski definition) is 1. The highest BCUT2D eigenvalue weighted by atomic mass is 19.1. The second kappa shape index (κ2) is 6.17. The van der Waals surface area contributed by atoms with E-state index in [9.17, 15) is 9.18 Å². The van der Waals surface area contributed by atoms with Gasteiger partial charge in [0, 0.05) is 11.3 Å². The molecule has 0 radical (unpaired) electrons. The number of rotatable bonds is 4. The monoisotopic (exact) mass is 297 g/mol. The molecule has 0 fully saturated rings. The SMILES string of the molecule is O=C(Cc1cccc(F)c1)Nc1ccc(-c2nnco2)cc1. The van der Waals surface area contributed by atoms with E-state index in [1.807, 2.05) is 0 Å². The van der Waals surface area contributed by atoms with E-state index in [0.717, 1.165) is 5.56 Å². The Morgan fingerprint density at radius 1 is 1.18 bits per heavy atom. The summed E-state index contributed by atoms with van der Waals surface area (Å²) in [5, 5.41) is 10.2. The molecule has 0 bridgehead atoms. The van der Waals surface area contributed by atoms with Crippen LogP contribution in [0.25, 0.3) is 11.5 Å². The van der Waals surface area contributed by atoms with Crippen molar-refractivity contribution >= 4 is 11.6 Å². The zero-order valence-corrected chi connectivity index (χ0v) is 11.5. The molecule has 5 nitrogen and oxygen atoms in total. The van der Waals surface area contributed by atoms with Crippen LogP contribution in [-0.2, 0) is 11.2 Å². The molecule has 1 aromatic heterocycles. The number of amides is 1. The highest BCUT2D eigenvalue weighted by Gasteiger charge is 2.07. The molecule has 0 saturated carbocycles. The molecule has 0 unspecified atom stereocenters. The van der Waals surface area contributed by atoms with Gasteiger partial charge >= 0.3 is 0 Å². The van der Waals surface area contributed by atoms with E-state index in [4.69, 9.17) is 4.42 Å². The standard InChI is InChI=1S/C16H12FN3O2/c17-13-3-1-2-11(8-13)9-15(21)19-14-6-4-12(5-7-14)16-20-18-10-22-16/h1-8,10H,9H2,(H,19,21). The maximum absolute atomic E-state index is 13.1. The summed E-state index contributed by atoms with van der Waals surface area (Å²) in [5.74, 6) is -0.150. The lowest BCUT2D eigenvalue weighted by molar-refractivity contribution is -0.115. The smallest absolute Gasteiger partial charge is 0.247 e. The first-order chi connectivity index (χ1) is 10.7. The van der Waals surface area contributed by atoms with Gasteiger partial charge in [0.1, 0.15) is 5.82 Å². The Hall–Kier alpha value is -3.02. The molecule has 110 valence electrons. The van der Waals surface area contributed by atoms with Gasteiger partial charge in [-0.15, -0.1) is 10.2 Å². The Morgan fingerprint density at radius 2 is 2.00 bits per heavy atom. The van der Waals surface area contributed by atoms with Crippen molar-refractivity contribution in [2.75, 3.05) is 5.32 Å². The molecule has 0 aliphatic rings. The Balaban J connectivity index is 1.64. The van der Waals surface area contributed by atoms with E-state index in [2.05, 4.69) is 15.5 Å². The first-order valence-corrected chi connectivity index (χ1v) is 6.61. The van der Waals surface area contributed by atoms with Gasteiger partial charge in [0.05, 0.1) is 6.42 Å². The molecular weight excluding hydrogens is 285 g/mol. The molecule has 0 aliphatic carbocycles. The lowest BCUT2D eigenvalue weighted by Gasteiger charge is -2.06. The van der Waals surface area contributed by atoms with Gasteiger partial charge in [-0.2, -0.15) is 0 Å². The van der Waals surface area contributed by atoms with Crippen molar-refractivity contribution in [1.82, 2.24) is 10.2 Å². The van der Waals surface area contributed by atoms with Crippen LogP contribution in [0.1, 0.15) is 5.56 Å². The minimum atomic E-state index is -0.353. The molecule has 1 N–H and O–H groups in total. The van der Waals surface area contributed by atoms with Crippen LogP contribution in [0.15, 0.2) is 59.3 Å². The van der Waals surface area contributed by atoms with Crippen LogP contribution in [0.5, 0.6) is 0 Å². The molecule has 0 spiro atoms. The van der Waals surface area contributed by atoms with E-state index in [0.29, 0.717) is 17.1 Å². The number of nitrogens with zero attached hydrogens (tertiary/aromatic N) is 2. The van der Waals surface area contributed by atoms with E-state index >= 15 is 0 Å². The second-order valence-electron chi connectivity index (χ2n) is 4.68. The molecule has 6 heteroatoms. The van der Waals surface area contributed by atoms with Gasteiger partial charge in [-0.1, -0.05) is 12.1 Å². The van der Waals surface area contributed by atoms with Crippen molar-refractivity contribution in [3.05, 3.63) is 66.3 Å². The summed E-state index contributed by atoms with van der Waals surface area (Å²) in [6, 6.07) is 13.0. The molecule has 1 heterocycles. The zero-order chi connectivity index (χ0) is 15.4. The molecule has 0 saturated heterocycles. The topological polar surface area (TPSA) is 68.0 Å². The molecular formula is C16H12FN3O2. The first-order valence-electron chi connectivity index (χ1n) is 6.61. The Kier molecular flexibility index (Phi) is 3.91. The number of anilines is 1. The van der Waals surface area contributed by atoms with E-state index in [1.54, 1.807) is 36.4 Å². The minimum Gasteiger partial charge on any atom is -0.423 e. The third kappa shape index (κ3) is 3.35. The van der Waals surface area contributed by atoms with Crippen LogP contribution in [0.4, 0.5) is 10.1 Å². The van der Waals surface area contributed by atoms with Gasteiger partial charge in [0.25, 0.3) is 0 Å². The average Bonchev–Trinajstić information content (AvgIpc) is 3.02. The summed E-state index contributed by atoms with van der Waals surface area (Å²) < 4.78 is 18.2. The lowest BCUT2D eigenvalue weighted by Crippen LogP contribution is -2.14. The van der Waals surface area contributed by atoms with Crippen molar-refractivity contribution in [3.63, 3.8) is 0 Å². The van der Waals surface area contributed by atoms with Gasteiger partial charge < -0.3 is 9.73 Å². The van der Waals surface area contributed by atoms with Crippen LogP contribution in [0, 0.1) is 5.82 Å². The number of carbonyl (C=O) groups excluding carboxylic acids is 1. The largest absolute Gasteiger partial charge is 0.423 e. The lowest BCUT2D eigenvalue weighted by atomic mass is 10.1. The number of aromatic nitrogens is 2. The van der Waals surface area contributed by atoms with Crippen molar-refractivity contribution < 1.29 is 13.6 Å². The molecule has 0 aliphatic heterocycles. The highest BCUT2D eigenvalue weighted by Crippen LogP contribution is 2.19. The fourth-order valence-electron chi connectivity index (χ4n) is 2.03. The molecule has 22 heavy (non-hydrogen) atoms. The average molecular weight is 297 g/mol. The zero-order valence-electron chi connectivity index (χ0n) is 11.5. The number of carbonyl (C=O) groups is 1. The summed E-state index contributed by atoms with van der Waals surface area (Å²) in [7, 11) is 0. The molecule has 3 aromatic rings. The summed E-state index contributed by atoms with van der Waals surface area (Å²) in [6.07, 6.45) is 1.37. The summed E-state index contributed by atoms with van der Waals surface area (Å²) in [6.45, 7) is 0. The van der Waals surface area contributed by atoms with Crippen LogP contribution in [0.3, 0.4) is 0 Å². The summed E-state index contributed by atoms with van der Waals surface area (Å²) in [5.41, 5.74) is 2.03. The van der Waals surface area contributed by atoms with Gasteiger partial charge in [-0.25, -0.2) is 4.39 Å². The summed E-state index contributed by atoms with van der Waals surface area (Å²) in [4.78, 5) is 11.9. The molecule has 3 rings (SSSR count). The van der Waals surface area contributed by atoms with Crippen molar-refractivity contribution in [2.45, 2.75) is 6.42 Å². The highest BCUT2D eigenvalue weighted by molar-refractivity contribution is 5.92. The quantitative estimate of drug-likeness (QED) is 0.803. The van der Waals surface area contributed by atoms with Crippen molar-refractivity contribution in [3.8, 4) is 11.5 Å². The van der Waals surface area contributed by atoms with E-state index in [-0.39, 0.29) is 18.1 Å². The van der Waals surface area contributed by atoms with E-state index in [1.165, 1.54) is 18.5 Å². The van der Waals surface area contributed by atoms with Crippen LogP contribution in [-0.4, -0.2) is 16.1 Å². The summed E-state index contributed by atoms with van der Waals surface area (Å²) >= 11 is 0. The Morgan fingerprint density at radius 3 is 2.68 bits per heavy atom. The van der Waals surface area contributed by atoms with Crippen LogP contribution < -0.4 is 5.32 Å².